The molecule has 5 aromatic heterocycles. The van der Waals surface area contributed by atoms with Gasteiger partial charge in [-0.3, -0.25) is 14.4 Å². The second-order valence-electron chi connectivity index (χ2n) is 25.0. The molecule has 8 aromatic rings. The summed E-state index contributed by atoms with van der Waals surface area (Å²) >= 11 is 5.40. The number of aliphatic hydroxyl groups excluding tert-OH is 2. The van der Waals surface area contributed by atoms with Gasteiger partial charge < -0.3 is 78.1 Å². The Bertz CT molecular complexity index is 3830. The number of aryl methyl sites for hydroxylation is 2. The van der Waals surface area contributed by atoms with Crippen LogP contribution in [0.5, 0.6) is 0 Å². The highest BCUT2D eigenvalue weighted by atomic mass is 127. The molecule has 0 saturated carbocycles. The first-order valence-electron chi connectivity index (χ1n) is 29.2. The Balaban J connectivity index is 0.000000165. The van der Waals surface area contributed by atoms with Crippen molar-refractivity contribution in [2.75, 3.05) is 17.2 Å². The van der Waals surface area contributed by atoms with E-state index in [0.717, 1.165) is 36.0 Å². The Labute approximate surface area is 548 Å². The fourth-order valence-electron chi connectivity index (χ4n) is 9.30. The van der Waals surface area contributed by atoms with Gasteiger partial charge in [-0.2, -0.15) is 0 Å². The summed E-state index contributed by atoms with van der Waals surface area (Å²) in [5.41, 5.74) is 21.3. The van der Waals surface area contributed by atoms with Crippen molar-refractivity contribution < 1.29 is 47.2 Å². The maximum atomic E-state index is 12.4. The largest absolute Gasteiger partial charge is 0.496 e. The number of rotatable bonds is 11. The Morgan fingerprint density at radius 2 is 0.833 bits per heavy atom. The number of nitrogens with two attached hydrogens (primary N) is 3. The van der Waals surface area contributed by atoms with Crippen molar-refractivity contribution in [3.05, 3.63) is 206 Å². The zero-order chi connectivity index (χ0) is 66.3. The minimum atomic E-state index is -0.542. The van der Waals surface area contributed by atoms with E-state index < -0.39 is 32.3 Å². The third-order valence-corrected chi connectivity index (χ3v) is 18.4. The molecule has 3 aliphatic heterocycles. The third kappa shape index (κ3) is 16.9. The monoisotopic (exact) mass is 1410 g/mol. The summed E-state index contributed by atoms with van der Waals surface area (Å²) in [5, 5.41) is 25.4. The summed E-state index contributed by atoms with van der Waals surface area (Å²) < 4.78 is 52.3. The van der Waals surface area contributed by atoms with E-state index in [0.29, 0.717) is 47.9 Å². The third-order valence-electron chi connectivity index (χ3n) is 16.6. The summed E-state index contributed by atoms with van der Waals surface area (Å²) in [5.74, 6) is 1.33. The van der Waals surface area contributed by atoms with Crippen LogP contribution in [0.1, 0.15) is 123 Å². The van der Waals surface area contributed by atoms with E-state index in [2.05, 4.69) is 48.8 Å². The van der Waals surface area contributed by atoms with E-state index in [4.69, 9.17) is 59.3 Å². The number of aliphatic hydroxyl groups is 2. The second-order valence-corrected chi connectivity index (χ2v) is 27.0. The lowest BCUT2D eigenvalue weighted by Gasteiger charge is -2.32. The Morgan fingerprint density at radius 1 is 0.489 bits per heavy atom. The molecule has 0 aliphatic carbocycles. The van der Waals surface area contributed by atoms with E-state index in [1.807, 2.05) is 181 Å². The Hall–Kier alpha value is -6.59. The molecule has 3 aliphatic rings. The van der Waals surface area contributed by atoms with Crippen molar-refractivity contribution in [2.45, 2.75) is 163 Å². The molecule has 3 saturated heterocycles. The van der Waals surface area contributed by atoms with Gasteiger partial charge in [-0.1, -0.05) is 101 Å². The van der Waals surface area contributed by atoms with Gasteiger partial charge in [-0.15, -0.1) is 0 Å². The van der Waals surface area contributed by atoms with Crippen LogP contribution in [0.15, 0.2) is 156 Å². The molecule has 478 valence electrons. The van der Waals surface area contributed by atoms with Gasteiger partial charge in [0.1, 0.15) is 22.9 Å². The lowest BCUT2D eigenvalue weighted by molar-refractivity contribution is 0.00578. The molecule has 8 N–H and O–H groups in total. The van der Waals surface area contributed by atoms with E-state index in [-0.39, 0.29) is 69.4 Å². The predicted octanol–water partition coefficient (Wildman–Crippen LogP) is 9.28. The fourth-order valence-corrected chi connectivity index (χ4v) is 10.2. The quantitative estimate of drug-likeness (QED) is 0.0595. The Kier molecular flexibility index (Phi) is 22.8. The molecule has 90 heavy (non-hydrogen) atoms. The van der Waals surface area contributed by atoms with Gasteiger partial charge in [0.05, 0.1) is 92.7 Å². The number of nitrogen functional groups attached to an aromatic ring is 3. The molecule has 0 bridgehead atoms. The lowest BCUT2D eigenvalue weighted by atomic mass is 9.49. The van der Waals surface area contributed by atoms with E-state index in [1.54, 1.807) is 57.4 Å². The van der Waals surface area contributed by atoms with Crippen molar-refractivity contribution in [2.24, 2.45) is 0 Å². The molecule has 0 amide bonds. The average molecular weight is 1410 g/mol. The van der Waals surface area contributed by atoms with Crippen molar-refractivity contribution in [3.63, 3.8) is 0 Å². The van der Waals surface area contributed by atoms with Gasteiger partial charge in [-0.05, 0) is 170 Å². The minimum Gasteiger partial charge on any atom is -0.405 e. The number of nitrogens with zero attached hydrogens (tertiary/aromatic N) is 5. The van der Waals surface area contributed by atoms with Crippen LogP contribution in [-0.2, 0) is 60.8 Å². The van der Waals surface area contributed by atoms with Crippen molar-refractivity contribution in [3.8, 4) is 11.1 Å². The number of pyridine rings is 3. The highest BCUT2D eigenvalue weighted by Gasteiger charge is 2.64. The molecule has 0 spiro atoms. The highest BCUT2D eigenvalue weighted by molar-refractivity contribution is 14.1. The SMILES string of the molecule is CC1(C)OB(B2OC(C)(C)C(C)(C)O2)OC1(C)C.CC1(C)OB(c2cc(N)c(=O)n(Cc3ccccc3)c2)OC1(C)C.Cc1onc(CO)c1-c1cc(N)c(=O)n(Cc2ccccc2)c1.Cc1onc(CO)c1I.Nc1cc(Br)cn(Cc2ccccc2)c1=O. The fraction of sp³-hybridized carbons (Fsp3) is 0.391. The molecule has 26 heteroatoms. The number of halogens is 2. The molecule has 11 rings (SSSR count). The van der Waals surface area contributed by atoms with E-state index in [1.165, 1.54) is 0 Å². The van der Waals surface area contributed by atoms with Crippen molar-refractivity contribution in [1.29, 1.82) is 0 Å². The maximum Gasteiger partial charge on any atom is 0.496 e. The summed E-state index contributed by atoms with van der Waals surface area (Å²) in [7, 11) is -1.49. The van der Waals surface area contributed by atoms with E-state index in [9.17, 15) is 19.5 Å². The molecule has 21 nitrogen and oxygen atoms in total. The van der Waals surface area contributed by atoms with Gasteiger partial charge in [0, 0.05) is 34.1 Å². The minimum absolute atomic E-state index is 0.0460. The number of anilines is 3. The molecule has 0 atom stereocenters. The molecule has 3 aromatic carbocycles. The zero-order valence-corrected chi connectivity index (χ0v) is 57.2. The van der Waals surface area contributed by atoms with Crippen LogP contribution in [0, 0.1) is 17.4 Å². The normalized spacial score (nSPS) is 17.0. The second kappa shape index (κ2) is 28.9. The molecule has 0 radical (unpaired) electrons. The first-order valence-corrected chi connectivity index (χ1v) is 31.1. The number of aromatic nitrogens is 5. The van der Waals surface area contributed by atoms with Crippen molar-refractivity contribution in [1.82, 2.24) is 24.0 Å². The average Bonchev–Trinajstić information content (AvgIpc) is 1.71. The van der Waals surface area contributed by atoms with Crippen LogP contribution in [0.2, 0.25) is 0 Å². The van der Waals surface area contributed by atoms with Crippen LogP contribution in [-0.4, -0.2) is 89.0 Å². The summed E-state index contributed by atoms with van der Waals surface area (Å²) in [6.07, 6.45) is 5.23. The van der Waals surface area contributed by atoms with Crippen LogP contribution in [0.3, 0.4) is 0 Å². The van der Waals surface area contributed by atoms with Gasteiger partial charge in [-0.25, -0.2) is 0 Å². The van der Waals surface area contributed by atoms with Crippen LogP contribution >= 0.6 is 38.5 Å². The molecule has 8 heterocycles. The summed E-state index contributed by atoms with van der Waals surface area (Å²) in [6.45, 7) is 28.9. The summed E-state index contributed by atoms with van der Waals surface area (Å²) in [4.78, 5) is 36.4. The van der Waals surface area contributed by atoms with Gasteiger partial charge >= 0.3 is 21.1 Å². The molecule has 3 fully saturated rings. The number of hydrogen-bond donors (Lipinski definition) is 5. The first-order chi connectivity index (χ1) is 42.1. The number of benzene rings is 3. The highest BCUT2D eigenvalue weighted by Crippen LogP contribution is 2.43. The number of hydrogen-bond acceptors (Lipinski definition) is 18. The molecule has 0 unspecified atom stereocenters. The lowest BCUT2D eigenvalue weighted by Crippen LogP contribution is -2.41. The van der Waals surface area contributed by atoms with E-state index >= 15 is 0 Å². The smallest absolute Gasteiger partial charge is 0.405 e. The molecular formula is C64H81B3BrIN8O13. The van der Waals surface area contributed by atoms with Gasteiger partial charge in [0.15, 0.2) is 0 Å². The van der Waals surface area contributed by atoms with Crippen LogP contribution in [0.4, 0.5) is 17.1 Å². The standard InChI is InChI=1S/C18H23BN2O3.C17H17N3O3.C12H24B2O4.C12H11BrN2O.C5H6INO2/c1-17(2)18(3,4)24-19(23-17)14-10-15(20)16(22)21(12-14)11-13-8-6-5-7-9-13;1-11-16(15(10-21)19-23-11)13-7-14(18)17(22)20(9-13)8-12-5-3-2-4-6-12;1-9(2)10(3,4)16-13(15-9)14-17-11(5,6)12(7,8)18-14;13-10-6-11(14)12(16)15(8-10)7-9-4-2-1-3-5-9;1-3-5(6)4(2-8)7-9-3/h5-10,12H,11,20H2,1-4H3;2-7,9,21H,8,10,18H2,1H3;1-8H3;1-6,8H,7,14H2;8H,2H2,1H3. The first kappa shape index (κ1) is 70.9. The zero-order valence-electron chi connectivity index (χ0n) is 53.5. The van der Waals surface area contributed by atoms with Crippen LogP contribution in [0.25, 0.3) is 11.1 Å². The van der Waals surface area contributed by atoms with Gasteiger partial charge in [0.25, 0.3) is 16.7 Å². The van der Waals surface area contributed by atoms with Gasteiger partial charge in [0.2, 0.25) is 0 Å². The van der Waals surface area contributed by atoms with Crippen molar-refractivity contribution >= 4 is 82.2 Å². The van der Waals surface area contributed by atoms with Crippen LogP contribution < -0.4 is 39.3 Å². The maximum absolute atomic E-state index is 12.4. The predicted molar refractivity (Wildman–Crippen MR) is 364 cm³/mol. The Morgan fingerprint density at radius 3 is 1.21 bits per heavy atom. The summed E-state index contributed by atoms with van der Waals surface area (Å²) in [6, 6.07) is 34.1. The molecular weight excluding hydrogens is 1330 g/mol. The topological polar surface area (TPSA) is 292 Å².